The van der Waals surface area contributed by atoms with E-state index < -0.39 is 32.2 Å². The molecule has 4 rings (SSSR count). The highest BCUT2D eigenvalue weighted by molar-refractivity contribution is 9.10. The van der Waals surface area contributed by atoms with Crippen molar-refractivity contribution in [1.29, 1.82) is 0 Å². The second kappa shape index (κ2) is 10.8. The third kappa shape index (κ3) is 6.99. The first-order valence-corrected chi connectivity index (χ1v) is 15.2. The van der Waals surface area contributed by atoms with Crippen molar-refractivity contribution in [2.45, 2.75) is 15.5 Å². The van der Waals surface area contributed by atoms with Crippen LogP contribution >= 0.6 is 38.9 Å². The molecule has 0 fully saturated rings. The van der Waals surface area contributed by atoms with Gasteiger partial charge in [0.25, 0.3) is 20.0 Å². The molecule has 200 valence electrons. The molecule has 7 nitrogen and oxygen atoms in total. The van der Waals surface area contributed by atoms with E-state index in [2.05, 4.69) is 30.1 Å². The lowest BCUT2D eigenvalue weighted by Crippen LogP contribution is -2.18. The fourth-order valence-electron chi connectivity index (χ4n) is 3.23. The molecular weight excluding hydrogens is 653 g/mol. The van der Waals surface area contributed by atoms with Gasteiger partial charge in [0.15, 0.2) is 0 Å². The van der Waals surface area contributed by atoms with Gasteiger partial charge in [-0.05, 0) is 71.8 Å². The molecule has 0 amide bonds. The molecule has 0 aliphatic carbocycles. The van der Waals surface area contributed by atoms with E-state index in [0.717, 1.165) is 40.1 Å². The Kier molecular flexibility index (Phi) is 8.00. The van der Waals surface area contributed by atoms with E-state index in [-0.39, 0.29) is 24.8 Å². The minimum absolute atomic E-state index is 0.0890. The van der Waals surface area contributed by atoms with Crippen LogP contribution in [0.2, 0.25) is 4.34 Å². The Morgan fingerprint density at radius 2 is 1.45 bits per heavy atom. The van der Waals surface area contributed by atoms with Crippen LogP contribution in [0.3, 0.4) is 0 Å². The van der Waals surface area contributed by atoms with Gasteiger partial charge in [-0.2, -0.15) is 0 Å². The fourth-order valence-corrected chi connectivity index (χ4v) is 7.26. The third-order valence-corrected chi connectivity index (χ3v) is 9.81. The number of rotatable bonds is 8. The molecule has 1 aromatic heterocycles. The predicted molar refractivity (Wildman–Crippen MR) is 144 cm³/mol. The number of nitrogens with one attached hydrogen (secondary N) is 2. The molecule has 15 heteroatoms. The average molecular weight is 668 g/mol. The minimum atomic E-state index is -4.94. The predicted octanol–water partition coefficient (Wildman–Crippen LogP) is 7.33. The van der Waals surface area contributed by atoms with Crippen LogP contribution in [0.4, 0.5) is 24.5 Å². The summed E-state index contributed by atoms with van der Waals surface area (Å²) in [4.78, 5) is -0.376. The summed E-state index contributed by atoms with van der Waals surface area (Å²) >= 11 is 10.0. The van der Waals surface area contributed by atoms with E-state index in [0.29, 0.717) is 11.1 Å². The molecule has 0 saturated heterocycles. The molecule has 0 bridgehead atoms. The average Bonchev–Trinajstić information content (AvgIpc) is 3.26. The Bertz CT molecular complexity index is 1690. The van der Waals surface area contributed by atoms with Crippen LogP contribution in [0, 0.1) is 0 Å². The summed E-state index contributed by atoms with van der Waals surface area (Å²) in [6.07, 6.45) is -4.94. The lowest BCUT2D eigenvalue weighted by Gasteiger charge is -2.16. The van der Waals surface area contributed by atoms with E-state index >= 15 is 0 Å². The highest BCUT2D eigenvalue weighted by atomic mass is 79.9. The number of halogens is 5. The highest BCUT2D eigenvalue weighted by Gasteiger charge is 2.31. The van der Waals surface area contributed by atoms with E-state index in [4.69, 9.17) is 11.6 Å². The molecule has 1 heterocycles. The van der Waals surface area contributed by atoms with Crippen molar-refractivity contribution < 1.29 is 34.7 Å². The van der Waals surface area contributed by atoms with Crippen LogP contribution in [0.5, 0.6) is 5.75 Å². The molecule has 4 aromatic rings. The van der Waals surface area contributed by atoms with E-state index in [1.807, 2.05) is 0 Å². The Labute approximate surface area is 233 Å². The van der Waals surface area contributed by atoms with E-state index in [1.165, 1.54) is 24.3 Å². The highest BCUT2D eigenvalue weighted by Crippen LogP contribution is 2.35. The number of hydrogen-bond acceptors (Lipinski definition) is 6. The summed E-state index contributed by atoms with van der Waals surface area (Å²) in [6, 6.07) is 17.8. The van der Waals surface area contributed by atoms with Gasteiger partial charge in [-0.15, -0.1) is 24.5 Å². The maximum atomic E-state index is 13.1. The number of benzene rings is 3. The van der Waals surface area contributed by atoms with Crippen LogP contribution in [-0.2, 0) is 20.0 Å². The van der Waals surface area contributed by atoms with Gasteiger partial charge in [0.05, 0.1) is 20.6 Å². The molecule has 0 aliphatic heterocycles. The largest absolute Gasteiger partial charge is 0.573 e. The lowest BCUT2D eigenvalue weighted by molar-refractivity contribution is -0.274. The van der Waals surface area contributed by atoms with Crippen molar-refractivity contribution in [1.82, 2.24) is 0 Å². The minimum Gasteiger partial charge on any atom is -0.406 e. The van der Waals surface area contributed by atoms with Gasteiger partial charge < -0.3 is 4.74 Å². The van der Waals surface area contributed by atoms with Gasteiger partial charge >= 0.3 is 6.36 Å². The molecule has 0 atom stereocenters. The zero-order valence-electron chi connectivity index (χ0n) is 18.7. The second-order valence-corrected chi connectivity index (χ2v) is 13.8. The molecule has 0 saturated carbocycles. The van der Waals surface area contributed by atoms with Gasteiger partial charge in [-0.25, -0.2) is 16.8 Å². The Morgan fingerprint density at radius 3 is 2.05 bits per heavy atom. The maximum Gasteiger partial charge on any atom is 0.573 e. The van der Waals surface area contributed by atoms with Crippen molar-refractivity contribution in [2.24, 2.45) is 0 Å². The third-order valence-electron chi connectivity index (χ3n) is 4.85. The van der Waals surface area contributed by atoms with Crippen LogP contribution in [0.15, 0.2) is 92.4 Å². The van der Waals surface area contributed by atoms with Crippen LogP contribution in [-0.4, -0.2) is 23.2 Å². The first-order chi connectivity index (χ1) is 17.7. The summed E-state index contributed by atoms with van der Waals surface area (Å²) in [7, 11) is -8.49. The molecule has 0 spiro atoms. The van der Waals surface area contributed by atoms with Gasteiger partial charge in [-0.3, -0.25) is 9.44 Å². The zero-order valence-corrected chi connectivity index (χ0v) is 23.5. The summed E-state index contributed by atoms with van der Waals surface area (Å²) in [6.45, 7) is 0. The lowest BCUT2D eigenvalue weighted by atomic mass is 10.0. The summed E-state index contributed by atoms with van der Waals surface area (Å²) in [5, 5.41) is 0. The van der Waals surface area contributed by atoms with E-state index in [9.17, 15) is 30.0 Å². The molecule has 3 aromatic carbocycles. The number of hydrogen-bond donors (Lipinski definition) is 2. The van der Waals surface area contributed by atoms with Gasteiger partial charge in [0, 0.05) is 4.47 Å². The van der Waals surface area contributed by atoms with Crippen molar-refractivity contribution in [3.8, 4) is 16.9 Å². The molecule has 0 unspecified atom stereocenters. The molecule has 38 heavy (non-hydrogen) atoms. The van der Waals surface area contributed by atoms with Gasteiger partial charge in [-0.1, -0.05) is 45.7 Å². The van der Waals surface area contributed by atoms with Gasteiger partial charge in [0.2, 0.25) is 0 Å². The van der Waals surface area contributed by atoms with Crippen molar-refractivity contribution in [3.05, 3.63) is 87.7 Å². The number of anilines is 2. The van der Waals surface area contributed by atoms with Gasteiger partial charge in [0.1, 0.15) is 9.96 Å². The SMILES string of the molecule is O=S(=O)(Nc1cc(-c2cccc(Br)c2)ccc1NS(=O)(=O)c1ccc(Cl)s1)c1ccc(OC(F)(F)F)cc1. The summed E-state index contributed by atoms with van der Waals surface area (Å²) in [5.74, 6) is -0.601. The fraction of sp³-hybridized carbons (Fsp3) is 0.0435. The van der Waals surface area contributed by atoms with Crippen molar-refractivity contribution >= 4 is 70.3 Å². The summed E-state index contributed by atoms with van der Waals surface area (Å²) < 4.78 is 98.8. The number of sulfonamides is 2. The zero-order chi connectivity index (χ0) is 27.7. The monoisotopic (exact) mass is 666 g/mol. The standard InChI is InChI=1S/C23H15BrClF3N2O5S3/c24-16-3-1-2-14(12-16)15-4-9-19(29-38(33,34)22-11-10-21(25)36-22)20(13-15)30-37(31,32)18-7-5-17(6-8-18)35-23(26,27)28/h1-13,29-30H. The smallest absolute Gasteiger partial charge is 0.406 e. The Balaban J connectivity index is 1.73. The number of ether oxygens (including phenoxy) is 1. The topological polar surface area (TPSA) is 102 Å². The normalized spacial score (nSPS) is 12.2. The quantitative estimate of drug-likeness (QED) is 0.205. The molecule has 2 N–H and O–H groups in total. The van der Waals surface area contributed by atoms with Crippen LogP contribution in [0.1, 0.15) is 0 Å². The van der Waals surface area contributed by atoms with Crippen LogP contribution < -0.4 is 14.2 Å². The van der Waals surface area contributed by atoms with Crippen molar-refractivity contribution in [3.63, 3.8) is 0 Å². The molecule has 0 radical (unpaired) electrons. The second-order valence-electron chi connectivity index (χ2n) is 7.56. The Morgan fingerprint density at radius 1 is 0.789 bits per heavy atom. The number of thiophene rings is 1. The summed E-state index contributed by atoms with van der Waals surface area (Å²) in [5.41, 5.74) is 1.05. The molecular formula is C23H15BrClF3N2O5S3. The Hall–Kier alpha value is -2.78. The van der Waals surface area contributed by atoms with Crippen molar-refractivity contribution in [2.75, 3.05) is 9.44 Å². The number of alkyl halides is 3. The first-order valence-electron chi connectivity index (χ1n) is 10.3. The van der Waals surface area contributed by atoms with Crippen LogP contribution in [0.25, 0.3) is 11.1 Å². The first kappa shape index (κ1) is 28.2. The molecule has 0 aliphatic rings. The maximum absolute atomic E-state index is 13.1. The van der Waals surface area contributed by atoms with E-state index in [1.54, 1.807) is 30.3 Å².